The summed E-state index contributed by atoms with van der Waals surface area (Å²) in [6.45, 7) is 6.06. The van der Waals surface area contributed by atoms with Crippen LogP contribution in [0.3, 0.4) is 0 Å². The van der Waals surface area contributed by atoms with Crippen LogP contribution in [0.2, 0.25) is 0 Å². The van der Waals surface area contributed by atoms with Gasteiger partial charge < -0.3 is 10.1 Å². The number of hydrogen-bond acceptors (Lipinski definition) is 4. The maximum absolute atomic E-state index is 12.4. The van der Waals surface area contributed by atoms with Crippen molar-refractivity contribution in [1.82, 2.24) is 20.1 Å². The molecule has 0 radical (unpaired) electrons. The summed E-state index contributed by atoms with van der Waals surface area (Å²) in [5, 5.41) is 8.37. The molecule has 0 aliphatic heterocycles. The summed E-state index contributed by atoms with van der Waals surface area (Å²) in [4.78, 5) is 17.1. The van der Waals surface area contributed by atoms with Crippen LogP contribution in [0.1, 0.15) is 42.2 Å². The van der Waals surface area contributed by atoms with Crippen LogP contribution in [0.4, 0.5) is 0 Å². The number of fused-ring (bicyclic) bond motifs is 1. The maximum Gasteiger partial charge on any atom is 0.254 e. The van der Waals surface area contributed by atoms with E-state index in [-0.39, 0.29) is 5.91 Å². The standard InChI is InChI=1S/C21H26N4O2/c1-3-4-13-27-14-7-12-22-21(26)18-15-23-25(16(18)2)20-11-10-17-8-5-6-9-19(17)24-20/h5-6,8-11,15H,3-4,7,12-14H2,1-2H3,(H,22,26). The second kappa shape index (κ2) is 9.28. The van der Waals surface area contributed by atoms with Crippen molar-refractivity contribution in [1.29, 1.82) is 0 Å². The van der Waals surface area contributed by atoms with Gasteiger partial charge in [0.15, 0.2) is 5.82 Å². The number of rotatable bonds is 9. The molecule has 0 spiro atoms. The van der Waals surface area contributed by atoms with Crippen LogP contribution < -0.4 is 5.32 Å². The lowest BCUT2D eigenvalue weighted by atomic mass is 10.2. The molecule has 6 nitrogen and oxygen atoms in total. The normalized spacial score (nSPS) is 11.0. The van der Waals surface area contributed by atoms with E-state index in [2.05, 4.69) is 22.3 Å². The van der Waals surface area contributed by atoms with Gasteiger partial charge in [0, 0.05) is 25.1 Å². The predicted octanol–water partition coefficient (Wildman–Crippen LogP) is 3.67. The van der Waals surface area contributed by atoms with E-state index in [1.165, 1.54) is 0 Å². The molecule has 0 bridgehead atoms. The molecular weight excluding hydrogens is 340 g/mol. The number of para-hydroxylation sites is 1. The average molecular weight is 366 g/mol. The number of carbonyl (C=O) groups is 1. The van der Waals surface area contributed by atoms with Gasteiger partial charge in [0.25, 0.3) is 5.91 Å². The van der Waals surface area contributed by atoms with Gasteiger partial charge in [-0.15, -0.1) is 0 Å². The van der Waals surface area contributed by atoms with Gasteiger partial charge in [-0.05, 0) is 38.0 Å². The third-order valence-corrected chi connectivity index (χ3v) is 4.45. The van der Waals surface area contributed by atoms with E-state index in [9.17, 15) is 4.79 Å². The highest BCUT2D eigenvalue weighted by Gasteiger charge is 2.15. The van der Waals surface area contributed by atoms with Gasteiger partial charge in [-0.3, -0.25) is 4.79 Å². The molecule has 0 saturated heterocycles. The van der Waals surface area contributed by atoms with Gasteiger partial charge in [0.05, 0.1) is 23.0 Å². The predicted molar refractivity (Wildman–Crippen MR) is 106 cm³/mol. The number of aromatic nitrogens is 3. The third kappa shape index (κ3) is 4.71. The minimum Gasteiger partial charge on any atom is -0.381 e. The Kier molecular flexibility index (Phi) is 6.54. The fourth-order valence-electron chi connectivity index (χ4n) is 2.86. The fourth-order valence-corrected chi connectivity index (χ4v) is 2.86. The summed E-state index contributed by atoms with van der Waals surface area (Å²) < 4.78 is 7.21. The number of hydrogen-bond donors (Lipinski definition) is 1. The fraction of sp³-hybridized carbons (Fsp3) is 0.381. The van der Waals surface area contributed by atoms with E-state index < -0.39 is 0 Å². The minimum absolute atomic E-state index is 0.118. The molecule has 1 N–H and O–H groups in total. The summed E-state index contributed by atoms with van der Waals surface area (Å²) in [5.74, 6) is 0.586. The molecule has 1 aromatic carbocycles. The number of carbonyl (C=O) groups excluding carboxylic acids is 1. The monoisotopic (exact) mass is 366 g/mol. The van der Waals surface area contributed by atoms with E-state index in [0.29, 0.717) is 24.5 Å². The van der Waals surface area contributed by atoms with Gasteiger partial charge in [-0.25, -0.2) is 9.67 Å². The lowest BCUT2D eigenvalue weighted by Gasteiger charge is -2.07. The maximum atomic E-state index is 12.4. The molecule has 27 heavy (non-hydrogen) atoms. The molecule has 0 aliphatic rings. The van der Waals surface area contributed by atoms with Gasteiger partial charge in [-0.1, -0.05) is 31.5 Å². The van der Waals surface area contributed by atoms with Gasteiger partial charge in [-0.2, -0.15) is 5.10 Å². The Balaban J connectivity index is 1.61. The van der Waals surface area contributed by atoms with E-state index in [1.807, 2.05) is 43.3 Å². The summed E-state index contributed by atoms with van der Waals surface area (Å²) in [5.41, 5.74) is 2.24. The molecule has 2 heterocycles. The zero-order chi connectivity index (χ0) is 19.1. The molecule has 6 heteroatoms. The number of nitrogens with one attached hydrogen (secondary N) is 1. The van der Waals surface area contributed by atoms with Crippen molar-refractivity contribution in [3.8, 4) is 5.82 Å². The Morgan fingerprint density at radius 1 is 1.15 bits per heavy atom. The van der Waals surface area contributed by atoms with Crippen LogP contribution in [0.15, 0.2) is 42.6 Å². The molecule has 142 valence electrons. The Hall–Kier alpha value is -2.73. The number of ether oxygens (including phenoxy) is 1. The molecule has 0 aliphatic carbocycles. The quantitative estimate of drug-likeness (QED) is 0.587. The lowest BCUT2D eigenvalue weighted by molar-refractivity contribution is 0.0940. The van der Waals surface area contributed by atoms with Crippen molar-refractivity contribution in [3.63, 3.8) is 0 Å². The van der Waals surface area contributed by atoms with Crippen LogP contribution in [0.5, 0.6) is 0 Å². The van der Waals surface area contributed by atoms with Crippen LogP contribution in [0.25, 0.3) is 16.7 Å². The zero-order valence-electron chi connectivity index (χ0n) is 15.9. The molecule has 1 amide bonds. The summed E-state index contributed by atoms with van der Waals surface area (Å²) in [7, 11) is 0. The highest BCUT2D eigenvalue weighted by Crippen LogP contribution is 2.17. The van der Waals surface area contributed by atoms with Crippen LogP contribution >= 0.6 is 0 Å². The van der Waals surface area contributed by atoms with E-state index in [1.54, 1.807) is 10.9 Å². The SMILES string of the molecule is CCCCOCCCNC(=O)c1cnn(-c2ccc3ccccc3n2)c1C. The molecule has 3 rings (SSSR count). The molecule has 0 saturated carbocycles. The summed E-state index contributed by atoms with van der Waals surface area (Å²) in [6.07, 6.45) is 4.60. The van der Waals surface area contributed by atoms with Crippen LogP contribution in [-0.2, 0) is 4.74 Å². The molecule has 0 atom stereocenters. The lowest BCUT2D eigenvalue weighted by Crippen LogP contribution is -2.25. The third-order valence-electron chi connectivity index (χ3n) is 4.45. The zero-order valence-corrected chi connectivity index (χ0v) is 15.9. The van der Waals surface area contributed by atoms with Crippen LogP contribution in [0, 0.1) is 6.92 Å². The smallest absolute Gasteiger partial charge is 0.254 e. The van der Waals surface area contributed by atoms with Crippen molar-refractivity contribution < 1.29 is 9.53 Å². The molecule has 3 aromatic rings. The van der Waals surface area contributed by atoms with Gasteiger partial charge >= 0.3 is 0 Å². The first kappa shape index (κ1) is 19.0. The first-order chi connectivity index (χ1) is 13.2. The molecule has 2 aromatic heterocycles. The highest BCUT2D eigenvalue weighted by atomic mass is 16.5. The number of benzene rings is 1. The van der Waals surface area contributed by atoms with Gasteiger partial charge in [0.2, 0.25) is 0 Å². The number of amides is 1. The molecule has 0 fully saturated rings. The number of nitrogens with zero attached hydrogens (tertiary/aromatic N) is 3. The largest absolute Gasteiger partial charge is 0.381 e. The van der Waals surface area contributed by atoms with E-state index in [4.69, 9.17) is 4.74 Å². The average Bonchev–Trinajstić information content (AvgIpc) is 3.08. The Bertz CT molecular complexity index is 904. The topological polar surface area (TPSA) is 69.0 Å². The first-order valence-corrected chi connectivity index (χ1v) is 9.47. The number of pyridine rings is 1. The minimum atomic E-state index is -0.118. The van der Waals surface area contributed by atoms with Crippen molar-refractivity contribution in [2.45, 2.75) is 33.1 Å². The second-order valence-corrected chi connectivity index (χ2v) is 6.49. The molecular formula is C21H26N4O2. The van der Waals surface area contributed by atoms with E-state index in [0.717, 1.165) is 42.5 Å². The Labute approximate surface area is 159 Å². The Morgan fingerprint density at radius 2 is 1.96 bits per heavy atom. The Morgan fingerprint density at radius 3 is 2.81 bits per heavy atom. The van der Waals surface area contributed by atoms with E-state index >= 15 is 0 Å². The van der Waals surface area contributed by atoms with Crippen LogP contribution in [-0.4, -0.2) is 40.4 Å². The van der Waals surface area contributed by atoms with Crippen molar-refractivity contribution in [2.75, 3.05) is 19.8 Å². The number of unbranched alkanes of at least 4 members (excludes halogenated alkanes) is 1. The second-order valence-electron chi connectivity index (χ2n) is 6.49. The van der Waals surface area contributed by atoms with Crippen molar-refractivity contribution in [2.24, 2.45) is 0 Å². The van der Waals surface area contributed by atoms with Gasteiger partial charge in [0.1, 0.15) is 0 Å². The van der Waals surface area contributed by atoms with Crippen molar-refractivity contribution in [3.05, 3.63) is 53.9 Å². The first-order valence-electron chi connectivity index (χ1n) is 9.47. The highest BCUT2D eigenvalue weighted by molar-refractivity contribution is 5.95. The summed E-state index contributed by atoms with van der Waals surface area (Å²) >= 11 is 0. The summed E-state index contributed by atoms with van der Waals surface area (Å²) in [6, 6.07) is 11.9. The van der Waals surface area contributed by atoms with Crippen molar-refractivity contribution >= 4 is 16.8 Å². The molecule has 0 unspecified atom stereocenters.